The van der Waals surface area contributed by atoms with Gasteiger partial charge in [-0.25, -0.2) is 8.42 Å². The first-order chi connectivity index (χ1) is 15.6. The number of piperazine rings is 1. The van der Waals surface area contributed by atoms with E-state index in [0.29, 0.717) is 29.7 Å². The van der Waals surface area contributed by atoms with E-state index in [0.717, 1.165) is 22.9 Å². The molecule has 0 unspecified atom stereocenters. The molecule has 162 valence electrons. The van der Waals surface area contributed by atoms with E-state index in [-0.39, 0.29) is 23.9 Å². The van der Waals surface area contributed by atoms with Crippen LogP contribution in [0.25, 0.3) is 22.2 Å². The van der Waals surface area contributed by atoms with Gasteiger partial charge in [-0.1, -0.05) is 54.6 Å². The van der Waals surface area contributed by atoms with Crippen molar-refractivity contribution < 1.29 is 13.2 Å². The van der Waals surface area contributed by atoms with Gasteiger partial charge in [0.25, 0.3) is 5.91 Å². The number of aromatic nitrogens is 2. The fourth-order valence-electron chi connectivity index (χ4n) is 3.97. The van der Waals surface area contributed by atoms with E-state index >= 15 is 0 Å². The lowest BCUT2D eigenvalue weighted by atomic mass is 9.99. The van der Waals surface area contributed by atoms with Gasteiger partial charge in [0, 0.05) is 31.7 Å². The second-order valence-corrected chi connectivity index (χ2v) is 9.93. The van der Waals surface area contributed by atoms with Crippen LogP contribution in [0.5, 0.6) is 0 Å². The molecule has 1 amide bonds. The number of rotatable bonds is 4. The third kappa shape index (κ3) is 3.68. The van der Waals surface area contributed by atoms with Crippen LogP contribution in [0.3, 0.4) is 0 Å². The van der Waals surface area contributed by atoms with Crippen LogP contribution in [-0.2, 0) is 10.0 Å². The lowest BCUT2D eigenvalue weighted by molar-refractivity contribution is 0.0698. The summed E-state index contributed by atoms with van der Waals surface area (Å²) in [5.74, 6) is -0.0905. The van der Waals surface area contributed by atoms with Crippen molar-refractivity contribution >= 4 is 38.7 Å². The SMILES string of the molecule is O=C(c1ccccc1-c1ccccc1)N1CCN(S(=O)(=O)c2cccc3nsnc23)CC1. The second kappa shape index (κ2) is 8.42. The Morgan fingerprint density at radius 3 is 2.31 bits per heavy atom. The monoisotopic (exact) mass is 464 g/mol. The highest BCUT2D eigenvalue weighted by atomic mass is 32.2. The smallest absolute Gasteiger partial charge is 0.254 e. The molecule has 9 heteroatoms. The topological polar surface area (TPSA) is 83.5 Å². The van der Waals surface area contributed by atoms with Gasteiger partial charge < -0.3 is 4.90 Å². The Morgan fingerprint density at radius 1 is 0.812 bits per heavy atom. The molecule has 0 saturated carbocycles. The van der Waals surface area contributed by atoms with Gasteiger partial charge in [-0.2, -0.15) is 13.1 Å². The number of benzene rings is 3. The van der Waals surface area contributed by atoms with Crippen LogP contribution in [0, 0.1) is 0 Å². The van der Waals surface area contributed by atoms with Gasteiger partial charge in [0.2, 0.25) is 10.0 Å². The summed E-state index contributed by atoms with van der Waals surface area (Å²) in [5.41, 5.74) is 3.43. The molecule has 1 fully saturated rings. The van der Waals surface area contributed by atoms with Crippen LogP contribution in [0.15, 0.2) is 77.7 Å². The molecular formula is C23H20N4O3S2. The lowest BCUT2D eigenvalue weighted by Crippen LogP contribution is -2.50. The van der Waals surface area contributed by atoms with Crippen molar-refractivity contribution in [3.05, 3.63) is 78.4 Å². The highest BCUT2D eigenvalue weighted by Crippen LogP contribution is 2.27. The number of nitrogens with zero attached hydrogens (tertiary/aromatic N) is 4. The van der Waals surface area contributed by atoms with Gasteiger partial charge in [0.15, 0.2) is 0 Å². The Bertz CT molecular complexity index is 1380. The first kappa shape index (κ1) is 20.7. The second-order valence-electron chi connectivity index (χ2n) is 7.50. The first-order valence-corrected chi connectivity index (χ1v) is 12.4. The van der Waals surface area contributed by atoms with Crippen molar-refractivity contribution in [2.45, 2.75) is 4.90 Å². The number of hydrogen-bond acceptors (Lipinski definition) is 6. The normalized spacial score (nSPS) is 15.2. The molecular weight excluding hydrogens is 444 g/mol. The number of sulfonamides is 1. The lowest BCUT2D eigenvalue weighted by Gasteiger charge is -2.34. The Hall–Kier alpha value is -3.14. The molecule has 0 spiro atoms. The fourth-order valence-corrected chi connectivity index (χ4v) is 6.14. The molecule has 2 heterocycles. The zero-order valence-electron chi connectivity index (χ0n) is 17.1. The van der Waals surface area contributed by atoms with Crippen LogP contribution in [0.2, 0.25) is 0 Å². The van der Waals surface area contributed by atoms with Crippen molar-refractivity contribution in [2.75, 3.05) is 26.2 Å². The van der Waals surface area contributed by atoms with Gasteiger partial charge in [-0.05, 0) is 29.3 Å². The summed E-state index contributed by atoms with van der Waals surface area (Å²) in [7, 11) is -3.72. The van der Waals surface area contributed by atoms with Gasteiger partial charge in [0.1, 0.15) is 15.9 Å². The number of carbonyl (C=O) groups excluding carboxylic acids is 1. The van der Waals surface area contributed by atoms with Crippen molar-refractivity contribution in [1.29, 1.82) is 0 Å². The van der Waals surface area contributed by atoms with Crippen LogP contribution in [0.1, 0.15) is 10.4 Å². The van der Waals surface area contributed by atoms with E-state index in [1.165, 1.54) is 4.31 Å². The van der Waals surface area contributed by atoms with Gasteiger partial charge in [-0.15, -0.1) is 0 Å². The predicted molar refractivity (Wildman–Crippen MR) is 124 cm³/mol. The third-order valence-electron chi connectivity index (χ3n) is 5.63. The van der Waals surface area contributed by atoms with Crippen LogP contribution >= 0.6 is 11.7 Å². The minimum atomic E-state index is -3.72. The molecule has 0 N–H and O–H groups in total. The average molecular weight is 465 g/mol. The van der Waals surface area contributed by atoms with Gasteiger partial charge >= 0.3 is 0 Å². The summed E-state index contributed by atoms with van der Waals surface area (Å²) < 4.78 is 36.2. The summed E-state index contributed by atoms with van der Waals surface area (Å²) in [5, 5.41) is 0. The molecule has 0 radical (unpaired) electrons. The summed E-state index contributed by atoms with van der Waals surface area (Å²) >= 11 is 0.995. The molecule has 1 saturated heterocycles. The maximum Gasteiger partial charge on any atom is 0.254 e. The molecule has 1 aliphatic rings. The van der Waals surface area contributed by atoms with Gasteiger partial charge in [0.05, 0.1) is 11.7 Å². The van der Waals surface area contributed by atoms with E-state index < -0.39 is 10.0 Å². The Kier molecular flexibility index (Phi) is 5.46. The maximum absolute atomic E-state index is 13.3. The number of hydrogen-bond donors (Lipinski definition) is 0. The minimum Gasteiger partial charge on any atom is -0.336 e. The van der Waals surface area contributed by atoms with Crippen molar-refractivity contribution in [2.24, 2.45) is 0 Å². The number of fused-ring (bicyclic) bond motifs is 1. The predicted octanol–water partition coefficient (Wildman–Crippen LogP) is 3.51. The molecule has 7 nitrogen and oxygen atoms in total. The van der Waals surface area contributed by atoms with E-state index in [1.54, 1.807) is 23.1 Å². The zero-order valence-corrected chi connectivity index (χ0v) is 18.7. The Labute approximate surface area is 190 Å². The van der Waals surface area contributed by atoms with Crippen molar-refractivity contribution in [3.8, 4) is 11.1 Å². The molecule has 5 rings (SSSR count). The number of amides is 1. The molecule has 1 aliphatic heterocycles. The summed E-state index contributed by atoms with van der Waals surface area (Å²) in [4.78, 5) is 15.2. The van der Waals surface area contributed by atoms with Crippen molar-refractivity contribution in [1.82, 2.24) is 18.0 Å². The standard InChI is InChI=1S/C23H20N4O3S2/c28-23(19-10-5-4-9-18(19)17-7-2-1-3-8-17)26-13-15-27(16-14-26)32(29,30)21-12-6-11-20-22(21)25-31-24-20/h1-12H,13-16H2. The minimum absolute atomic E-state index is 0.0905. The molecule has 0 bridgehead atoms. The van der Waals surface area contributed by atoms with E-state index in [9.17, 15) is 13.2 Å². The van der Waals surface area contributed by atoms with Crippen LogP contribution in [0.4, 0.5) is 0 Å². The Morgan fingerprint density at radius 2 is 1.53 bits per heavy atom. The molecule has 0 atom stereocenters. The van der Waals surface area contributed by atoms with E-state index in [1.807, 2.05) is 54.6 Å². The highest BCUT2D eigenvalue weighted by Gasteiger charge is 2.32. The summed E-state index contributed by atoms with van der Waals surface area (Å²) in [6, 6.07) is 22.3. The highest BCUT2D eigenvalue weighted by molar-refractivity contribution is 7.89. The van der Waals surface area contributed by atoms with Crippen LogP contribution < -0.4 is 0 Å². The average Bonchev–Trinajstić information content (AvgIpc) is 3.33. The molecule has 32 heavy (non-hydrogen) atoms. The zero-order chi connectivity index (χ0) is 22.1. The third-order valence-corrected chi connectivity index (χ3v) is 8.11. The summed E-state index contributed by atoms with van der Waals surface area (Å²) in [6.45, 7) is 1.12. The number of carbonyl (C=O) groups is 1. The Balaban J connectivity index is 1.36. The summed E-state index contributed by atoms with van der Waals surface area (Å²) in [6.07, 6.45) is 0. The maximum atomic E-state index is 13.3. The van der Waals surface area contributed by atoms with E-state index in [4.69, 9.17) is 0 Å². The van der Waals surface area contributed by atoms with E-state index in [2.05, 4.69) is 8.75 Å². The van der Waals surface area contributed by atoms with Gasteiger partial charge in [-0.3, -0.25) is 4.79 Å². The molecule has 0 aliphatic carbocycles. The molecule has 3 aromatic carbocycles. The van der Waals surface area contributed by atoms with Crippen LogP contribution in [-0.4, -0.2) is 58.5 Å². The molecule has 1 aromatic heterocycles. The van der Waals surface area contributed by atoms with Crippen molar-refractivity contribution in [3.63, 3.8) is 0 Å². The fraction of sp³-hybridized carbons (Fsp3) is 0.174. The quantitative estimate of drug-likeness (QED) is 0.462. The first-order valence-electron chi connectivity index (χ1n) is 10.2. The molecule has 4 aromatic rings. The largest absolute Gasteiger partial charge is 0.336 e.